The van der Waals surface area contributed by atoms with Gasteiger partial charge in [0.1, 0.15) is 16.6 Å². The highest BCUT2D eigenvalue weighted by atomic mass is 32.1. The van der Waals surface area contributed by atoms with E-state index in [0.29, 0.717) is 11.5 Å². The van der Waals surface area contributed by atoms with Gasteiger partial charge in [0.2, 0.25) is 0 Å². The fraction of sp³-hybridized carbons (Fsp3) is 0.182. The van der Waals surface area contributed by atoms with Gasteiger partial charge in [0.05, 0.1) is 5.69 Å². The largest absolute Gasteiger partial charge is 0.360 e. The molecule has 0 saturated heterocycles. The van der Waals surface area contributed by atoms with Gasteiger partial charge in [-0.25, -0.2) is 4.98 Å². The van der Waals surface area contributed by atoms with Crippen LogP contribution in [0.15, 0.2) is 60.1 Å². The molecule has 0 aliphatic rings. The average molecular weight is 359 g/mol. The number of benzene rings is 2. The monoisotopic (exact) mass is 359 g/mol. The fourth-order valence-electron chi connectivity index (χ4n) is 2.68. The molecule has 1 heterocycles. The van der Waals surface area contributed by atoms with Gasteiger partial charge in [-0.1, -0.05) is 61.9 Å². The molecule has 1 aromatic heterocycles. The van der Waals surface area contributed by atoms with Gasteiger partial charge in [-0.3, -0.25) is 0 Å². The molecule has 0 spiro atoms. The summed E-state index contributed by atoms with van der Waals surface area (Å²) in [4.78, 5) is 4.64. The number of aromatic nitrogens is 1. The van der Waals surface area contributed by atoms with E-state index < -0.39 is 0 Å². The minimum Gasteiger partial charge on any atom is -0.360 e. The molecule has 3 rings (SSSR count). The lowest BCUT2D eigenvalue weighted by Gasteiger charge is -2.12. The zero-order chi connectivity index (χ0) is 18.5. The predicted octanol–water partition coefficient (Wildman–Crippen LogP) is 6.22. The smallest absolute Gasteiger partial charge is 0.136 e. The number of nitrogens with one attached hydrogen (secondary N) is 1. The average Bonchev–Trinajstić information content (AvgIpc) is 3.13. The Labute approximate surface area is 158 Å². The molecule has 0 amide bonds. The van der Waals surface area contributed by atoms with Crippen molar-refractivity contribution in [2.75, 3.05) is 5.32 Å². The molecule has 0 bridgehead atoms. The normalized spacial score (nSPS) is 11.4. The zero-order valence-electron chi connectivity index (χ0n) is 15.2. The lowest BCUT2D eigenvalue weighted by Crippen LogP contribution is -1.97. The van der Waals surface area contributed by atoms with Crippen molar-refractivity contribution in [2.24, 2.45) is 0 Å². The molecule has 3 nitrogen and oxygen atoms in total. The predicted molar refractivity (Wildman–Crippen MR) is 110 cm³/mol. The molecule has 1 N–H and O–H groups in total. The van der Waals surface area contributed by atoms with E-state index in [9.17, 15) is 5.26 Å². The van der Waals surface area contributed by atoms with E-state index in [1.54, 1.807) is 6.20 Å². The van der Waals surface area contributed by atoms with Crippen molar-refractivity contribution in [2.45, 2.75) is 26.7 Å². The van der Waals surface area contributed by atoms with Crippen LogP contribution in [0.25, 0.3) is 16.8 Å². The Morgan fingerprint density at radius 2 is 1.88 bits per heavy atom. The second-order valence-electron chi connectivity index (χ2n) is 6.46. The second-order valence-corrected chi connectivity index (χ2v) is 7.32. The summed E-state index contributed by atoms with van der Waals surface area (Å²) in [6, 6.07) is 18.7. The Balaban J connectivity index is 1.85. The fourth-order valence-corrected chi connectivity index (χ4v) is 3.47. The first-order valence-corrected chi connectivity index (χ1v) is 9.45. The van der Waals surface area contributed by atoms with Crippen LogP contribution in [-0.2, 0) is 0 Å². The topological polar surface area (TPSA) is 48.7 Å². The molecule has 0 fully saturated rings. The molecule has 0 aliphatic carbocycles. The SMILES string of the molecule is Cc1ccc(-c2csc(C(C#N)=CNc3ccccc3C(C)C)n2)cc1. The Bertz CT molecular complexity index is 960. The quantitative estimate of drug-likeness (QED) is 0.550. The number of anilines is 1. The van der Waals surface area contributed by atoms with Crippen LogP contribution >= 0.6 is 11.3 Å². The van der Waals surface area contributed by atoms with Gasteiger partial charge in [0.15, 0.2) is 0 Å². The lowest BCUT2D eigenvalue weighted by atomic mass is 10.0. The number of hydrogen-bond acceptors (Lipinski definition) is 4. The van der Waals surface area contributed by atoms with E-state index in [4.69, 9.17) is 0 Å². The Morgan fingerprint density at radius 3 is 2.58 bits per heavy atom. The maximum atomic E-state index is 9.56. The van der Waals surface area contributed by atoms with E-state index in [1.165, 1.54) is 22.5 Å². The van der Waals surface area contributed by atoms with Crippen molar-refractivity contribution < 1.29 is 0 Å². The number of rotatable bonds is 5. The van der Waals surface area contributed by atoms with Gasteiger partial charge in [-0.2, -0.15) is 5.26 Å². The highest BCUT2D eigenvalue weighted by molar-refractivity contribution is 7.11. The third-order valence-electron chi connectivity index (χ3n) is 4.16. The molecule has 0 aliphatic heterocycles. The van der Waals surface area contributed by atoms with Gasteiger partial charge >= 0.3 is 0 Å². The van der Waals surface area contributed by atoms with Crippen molar-refractivity contribution in [3.05, 3.63) is 76.2 Å². The lowest BCUT2D eigenvalue weighted by molar-refractivity contribution is 0.869. The number of nitriles is 1. The minimum atomic E-state index is 0.408. The Hall–Kier alpha value is -2.90. The summed E-state index contributed by atoms with van der Waals surface area (Å²) < 4.78 is 0. The molecular formula is C22H21N3S. The van der Waals surface area contributed by atoms with E-state index in [0.717, 1.165) is 22.0 Å². The standard InChI is InChI=1S/C22H21N3S/c1-15(2)19-6-4-5-7-20(19)24-13-18(12-23)22-25-21(14-26-22)17-10-8-16(3)9-11-17/h4-11,13-15,24H,1-3H3. The number of aryl methyl sites for hydroxylation is 1. The van der Waals surface area contributed by atoms with Crippen molar-refractivity contribution in [3.8, 4) is 17.3 Å². The summed E-state index contributed by atoms with van der Waals surface area (Å²) in [5.41, 5.74) is 5.95. The summed E-state index contributed by atoms with van der Waals surface area (Å²) in [5.74, 6) is 0.408. The number of allylic oxidation sites excluding steroid dienone is 1. The van der Waals surface area contributed by atoms with Gasteiger partial charge in [-0.15, -0.1) is 11.3 Å². The van der Waals surface area contributed by atoms with Crippen LogP contribution in [0.5, 0.6) is 0 Å². The first kappa shape index (κ1) is 17.9. The van der Waals surface area contributed by atoms with E-state index in [2.05, 4.69) is 67.5 Å². The molecule has 0 saturated carbocycles. The van der Waals surface area contributed by atoms with Crippen LogP contribution in [0.2, 0.25) is 0 Å². The van der Waals surface area contributed by atoms with Crippen molar-refractivity contribution in [1.82, 2.24) is 4.98 Å². The molecule has 130 valence electrons. The molecule has 4 heteroatoms. The van der Waals surface area contributed by atoms with Gasteiger partial charge in [0.25, 0.3) is 0 Å². The molecule has 0 unspecified atom stereocenters. The molecule has 0 radical (unpaired) electrons. The first-order chi connectivity index (χ1) is 12.6. The van der Waals surface area contributed by atoms with Crippen LogP contribution in [0.4, 0.5) is 5.69 Å². The van der Waals surface area contributed by atoms with Gasteiger partial charge < -0.3 is 5.32 Å². The Kier molecular flexibility index (Phi) is 5.50. The number of para-hydroxylation sites is 1. The van der Waals surface area contributed by atoms with Crippen molar-refractivity contribution >= 4 is 22.6 Å². The van der Waals surface area contributed by atoms with E-state index >= 15 is 0 Å². The summed E-state index contributed by atoms with van der Waals surface area (Å²) in [7, 11) is 0. The number of thiazole rings is 1. The third kappa shape index (κ3) is 4.01. The van der Waals surface area contributed by atoms with Crippen LogP contribution < -0.4 is 5.32 Å². The summed E-state index contributed by atoms with van der Waals surface area (Å²) in [6.07, 6.45) is 1.75. The highest BCUT2D eigenvalue weighted by Gasteiger charge is 2.10. The van der Waals surface area contributed by atoms with Gasteiger partial charge in [0, 0.05) is 22.8 Å². The zero-order valence-corrected chi connectivity index (χ0v) is 16.0. The van der Waals surface area contributed by atoms with Crippen LogP contribution in [0.1, 0.15) is 35.9 Å². The molecular weight excluding hydrogens is 338 g/mol. The van der Waals surface area contributed by atoms with Crippen molar-refractivity contribution in [3.63, 3.8) is 0 Å². The van der Waals surface area contributed by atoms with Gasteiger partial charge in [-0.05, 0) is 24.5 Å². The van der Waals surface area contributed by atoms with E-state index in [1.807, 2.05) is 23.6 Å². The Morgan fingerprint density at radius 1 is 1.15 bits per heavy atom. The van der Waals surface area contributed by atoms with Crippen LogP contribution in [0, 0.1) is 18.3 Å². The summed E-state index contributed by atoms with van der Waals surface area (Å²) in [5, 5.41) is 15.6. The first-order valence-electron chi connectivity index (χ1n) is 8.57. The second kappa shape index (κ2) is 7.99. The minimum absolute atomic E-state index is 0.408. The van der Waals surface area contributed by atoms with Crippen molar-refractivity contribution in [1.29, 1.82) is 5.26 Å². The molecule has 3 aromatic rings. The highest BCUT2D eigenvalue weighted by Crippen LogP contribution is 2.28. The van der Waals surface area contributed by atoms with E-state index in [-0.39, 0.29) is 0 Å². The maximum Gasteiger partial charge on any atom is 0.136 e. The summed E-state index contributed by atoms with van der Waals surface area (Å²) in [6.45, 7) is 6.38. The molecule has 2 aromatic carbocycles. The maximum absolute atomic E-state index is 9.56. The molecule has 0 atom stereocenters. The van der Waals surface area contributed by atoms with Crippen LogP contribution in [0.3, 0.4) is 0 Å². The summed E-state index contributed by atoms with van der Waals surface area (Å²) >= 11 is 1.49. The molecule has 26 heavy (non-hydrogen) atoms. The van der Waals surface area contributed by atoms with Crippen LogP contribution in [-0.4, -0.2) is 4.98 Å². The number of nitrogens with zero attached hydrogens (tertiary/aromatic N) is 2. The third-order valence-corrected chi connectivity index (χ3v) is 5.03. The number of hydrogen-bond donors (Lipinski definition) is 1.